The largest absolute Gasteiger partial charge is 0.455 e. The number of furan rings is 1. The van der Waals surface area contributed by atoms with Crippen molar-refractivity contribution in [2.75, 3.05) is 0 Å². The van der Waals surface area contributed by atoms with Gasteiger partial charge in [0.2, 0.25) is 0 Å². The molecule has 1 aliphatic carbocycles. The van der Waals surface area contributed by atoms with Crippen LogP contribution in [-0.2, 0) is 12.8 Å². The molecule has 26 heavy (non-hydrogen) atoms. The van der Waals surface area contributed by atoms with Crippen molar-refractivity contribution < 1.29 is 4.42 Å². The Morgan fingerprint density at radius 1 is 1.04 bits per heavy atom. The third-order valence-corrected chi connectivity index (χ3v) is 5.71. The zero-order valence-corrected chi connectivity index (χ0v) is 14.8. The van der Waals surface area contributed by atoms with E-state index >= 15 is 0 Å². The molecular weight excluding hydrogens is 342 g/mol. The van der Waals surface area contributed by atoms with Crippen molar-refractivity contribution in [1.29, 1.82) is 10.5 Å². The molecule has 0 radical (unpaired) electrons. The van der Waals surface area contributed by atoms with Crippen molar-refractivity contribution in [3.63, 3.8) is 0 Å². The maximum absolute atomic E-state index is 9.50. The number of nitrogens with zero attached hydrogens (tertiary/aromatic N) is 3. The number of benzene rings is 1. The second kappa shape index (κ2) is 7.00. The molecule has 0 bridgehead atoms. The maximum atomic E-state index is 9.50. The lowest BCUT2D eigenvalue weighted by molar-refractivity contribution is 0.575. The lowest BCUT2D eigenvalue weighted by atomic mass is 9.96. The first-order chi connectivity index (χ1) is 12.8. The summed E-state index contributed by atoms with van der Waals surface area (Å²) in [4.78, 5) is 5.81. The molecule has 0 N–H and O–H groups in total. The summed E-state index contributed by atoms with van der Waals surface area (Å²) in [6.45, 7) is 0. The Bertz CT molecular complexity index is 1080. The summed E-state index contributed by atoms with van der Waals surface area (Å²) in [6, 6.07) is 15.5. The topological polar surface area (TPSA) is 73.1 Å². The normalized spacial score (nSPS) is 13.3. The zero-order chi connectivity index (χ0) is 17.9. The highest BCUT2D eigenvalue weighted by Gasteiger charge is 2.20. The summed E-state index contributed by atoms with van der Waals surface area (Å²) < 4.78 is 5.83. The molecule has 4 rings (SSSR count). The Morgan fingerprint density at radius 2 is 1.88 bits per heavy atom. The van der Waals surface area contributed by atoms with Crippen LogP contribution in [0.4, 0.5) is 5.00 Å². The Kier molecular flexibility index (Phi) is 4.39. The van der Waals surface area contributed by atoms with Crippen LogP contribution in [-0.4, -0.2) is 6.21 Å². The minimum absolute atomic E-state index is 0.572. The van der Waals surface area contributed by atoms with Crippen molar-refractivity contribution in [3.8, 4) is 23.5 Å². The number of aliphatic imine (C=N–C) groups is 1. The molecule has 0 atom stereocenters. The van der Waals surface area contributed by atoms with E-state index < -0.39 is 0 Å². The Balaban J connectivity index is 1.63. The predicted octanol–water partition coefficient (Wildman–Crippen LogP) is 5.38. The zero-order valence-electron chi connectivity index (χ0n) is 14.0. The van der Waals surface area contributed by atoms with Gasteiger partial charge in [-0.15, -0.1) is 11.3 Å². The van der Waals surface area contributed by atoms with Gasteiger partial charge < -0.3 is 4.42 Å². The Morgan fingerprint density at radius 3 is 2.73 bits per heavy atom. The second-order valence-electron chi connectivity index (χ2n) is 6.12. The molecule has 2 heterocycles. The maximum Gasteiger partial charge on any atom is 0.145 e. The molecule has 0 fully saturated rings. The number of thiophene rings is 1. The average Bonchev–Trinajstić information content (AvgIpc) is 3.30. The molecule has 2 aromatic heterocycles. The van der Waals surface area contributed by atoms with Gasteiger partial charge in [0.15, 0.2) is 0 Å². The Labute approximate surface area is 155 Å². The van der Waals surface area contributed by atoms with E-state index in [1.165, 1.54) is 16.9 Å². The van der Waals surface area contributed by atoms with Crippen LogP contribution in [0, 0.1) is 22.7 Å². The smallest absolute Gasteiger partial charge is 0.145 e. The first-order valence-electron chi connectivity index (χ1n) is 8.48. The van der Waals surface area contributed by atoms with Gasteiger partial charge in [-0.25, -0.2) is 4.99 Å². The first-order valence-corrected chi connectivity index (χ1v) is 9.30. The third kappa shape index (κ3) is 2.94. The second-order valence-corrected chi connectivity index (χ2v) is 7.20. The predicted molar refractivity (Wildman–Crippen MR) is 102 cm³/mol. The standard InChI is InChI=1S/C21H15N3OS/c22-11-14-5-1-2-6-16(14)19-10-9-15(25-19)13-24-21-18(12-23)17-7-3-4-8-20(17)26-21/h1-2,5-6,9-10,13H,3-4,7-8H2. The first kappa shape index (κ1) is 16.3. The minimum Gasteiger partial charge on any atom is -0.455 e. The van der Waals surface area contributed by atoms with Crippen LogP contribution >= 0.6 is 11.3 Å². The fraction of sp³-hybridized carbons (Fsp3) is 0.190. The number of hydrogen-bond donors (Lipinski definition) is 0. The van der Waals surface area contributed by atoms with Gasteiger partial charge >= 0.3 is 0 Å². The summed E-state index contributed by atoms with van der Waals surface area (Å²) in [5, 5.41) is 19.5. The molecule has 0 aliphatic heterocycles. The summed E-state index contributed by atoms with van der Waals surface area (Å²) in [7, 11) is 0. The van der Waals surface area contributed by atoms with Gasteiger partial charge in [-0.1, -0.05) is 12.1 Å². The lowest BCUT2D eigenvalue weighted by Crippen LogP contribution is -1.99. The quantitative estimate of drug-likeness (QED) is 0.591. The van der Waals surface area contributed by atoms with Gasteiger partial charge in [-0.05, 0) is 55.5 Å². The lowest BCUT2D eigenvalue weighted by Gasteiger charge is -2.09. The van der Waals surface area contributed by atoms with Gasteiger partial charge in [0, 0.05) is 10.4 Å². The van der Waals surface area contributed by atoms with E-state index in [2.05, 4.69) is 17.1 Å². The summed E-state index contributed by atoms with van der Waals surface area (Å²) in [5.41, 5.74) is 3.23. The average molecular weight is 357 g/mol. The van der Waals surface area contributed by atoms with E-state index in [1.807, 2.05) is 30.3 Å². The number of rotatable bonds is 3. The van der Waals surface area contributed by atoms with Crippen LogP contribution in [0.1, 0.15) is 40.2 Å². The van der Waals surface area contributed by atoms with Crippen molar-refractivity contribution in [3.05, 3.63) is 63.7 Å². The van der Waals surface area contributed by atoms with E-state index in [0.29, 0.717) is 22.6 Å². The van der Waals surface area contributed by atoms with Gasteiger partial charge in [-0.2, -0.15) is 10.5 Å². The number of fused-ring (bicyclic) bond motifs is 1. The molecule has 126 valence electrons. The van der Waals surface area contributed by atoms with Crippen LogP contribution in [0.3, 0.4) is 0 Å². The van der Waals surface area contributed by atoms with E-state index in [0.717, 1.165) is 29.8 Å². The van der Waals surface area contributed by atoms with E-state index in [-0.39, 0.29) is 0 Å². The van der Waals surface area contributed by atoms with Crippen LogP contribution < -0.4 is 0 Å². The fourth-order valence-corrected chi connectivity index (χ4v) is 4.43. The fourth-order valence-electron chi connectivity index (χ4n) is 3.24. The van der Waals surface area contributed by atoms with Crippen molar-refractivity contribution in [2.45, 2.75) is 25.7 Å². The molecule has 1 aromatic carbocycles. The molecule has 0 saturated carbocycles. The number of aryl methyl sites for hydroxylation is 1. The van der Waals surface area contributed by atoms with Crippen molar-refractivity contribution in [2.24, 2.45) is 4.99 Å². The summed E-state index contributed by atoms with van der Waals surface area (Å²) in [5.74, 6) is 1.23. The van der Waals surface area contributed by atoms with Crippen LogP contribution in [0.15, 0.2) is 45.8 Å². The van der Waals surface area contributed by atoms with E-state index in [9.17, 15) is 10.5 Å². The summed E-state index contributed by atoms with van der Waals surface area (Å²) >= 11 is 1.61. The van der Waals surface area contributed by atoms with Crippen LogP contribution in [0.5, 0.6) is 0 Å². The minimum atomic E-state index is 0.572. The van der Waals surface area contributed by atoms with Crippen molar-refractivity contribution in [1.82, 2.24) is 0 Å². The molecule has 1 aliphatic rings. The van der Waals surface area contributed by atoms with Crippen molar-refractivity contribution >= 4 is 22.6 Å². The SMILES string of the molecule is N#Cc1ccccc1-c1ccc(C=Nc2sc3c(c2C#N)CCCC3)o1. The molecule has 0 amide bonds. The molecule has 4 nitrogen and oxygen atoms in total. The highest BCUT2D eigenvalue weighted by Crippen LogP contribution is 2.39. The Hall–Kier alpha value is -3.15. The third-order valence-electron chi connectivity index (χ3n) is 4.51. The summed E-state index contributed by atoms with van der Waals surface area (Å²) in [6.07, 6.45) is 5.99. The monoisotopic (exact) mass is 357 g/mol. The molecular formula is C21H15N3OS. The molecule has 5 heteroatoms. The van der Waals surface area contributed by atoms with E-state index in [4.69, 9.17) is 4.42 Å². The molecule has 0 saturated heterocycles. The van der Waals surface area contributed by atoms with Gasteiger partial charge in [0.1, 0.15) is 22.6 Å². The number of nitriles is 2. The van der Waals surface area contributed by atoms with E-state index in [1.54, 1.807) is 23.6 Å². The number of hydrogen-bond acceptors (Lipinski definition) is 5. The van der Waals surface area contributed by atoms with Gasteiger partial charge in [0.25, 0.3) is 0 Å². The van der Waals surface area contributed by atoms with Gasteiger partial charge in [0.05, 0.1) is 23.4 Å². The molecule has 3 aromatic rings. The highest BCUT2D eigenvalue weighted by molar-refractivity contribution is 7.16. The molecule has 0 unspecified atom stereocenters. The van der Waals surface area contributed by atoms with Gasteiger partial charge in [-0.3, -0.25) is 0 Å². The molecule has 0 spiro atoms. The highest BCUT2D eigenvalue weighted by atomic mass is 32.1. The van der Waals surface area contributed by atoms with Crippen LogP contribution in [0.2, 0.25) is 0 Å². The van der Waals surface area contributed by atoms with Crippen LogP contribution in [0.25, 0.3) is 11.3 Å².